The van der Waals surface area contributed by atoms with Crippen molar-refractivity contribution in [2.24, 2.45) is 0 Å². The third-order valence-electron chi connectivity index (χ3n) is 13.1. The van der Waals surface area contributed by atoms with Crippen molar-refractivity contribution in [1.29, 1.82) is 0 Å². The van der Waals surface area contributed by atoms with Gasteiger partial charge in [0, 0.05) is 28.9 Å². The molecule has 3 aromatic rings. The number of carbonyl (C=O) groups excluding carboxylic acids is 6. The number of hydrogen-bond donors (Lipinski definition) is 0. The average molecular weight is 932 g/mol. The van der Waals surface area contributed by atoms with Gasteiger partial charge in [-0.3, -0.25) is 43.5 Å². The van der Waals surface area contributed by atoms with Gasteiger partial charge in [0.2, 0.25) is 0 Å². The quantitative estimate of drug-likeness (QED) is 0.0653. The summed E-state index contributed by atoms with van der Waals surface area (Å²) in [6, 6.07) is -0.308. The largest absolute Gasteiger partial charge is 0.274 e. The van der Waals surface area contributed by atoms with Crippen LogP contribution in [0.5, 0.6) is 0 Å². The first-order valence-corrected chi connectivity index (χ1v) is 27.0. The van der Waals surface area contributed by atoms with Crippen LogP contribution in [0.2, 0.25) is 0 Å². The summed E-state index contributed by atoms with van der Waals surface area (Å²) in [5.41, 5.74) is 0.887. The lowest BCUT2D eigenvalue weighted by molar-refractivity contribution is 0.0581. The summed E-state index contributed by atoms with van der Waals surface area (Å²) in [6.45, 7) is 21.3. The van der Waals surface area contributed by atoms with Crippen molar-refractivity contribution in [3.63, 3.8) is 0 Å². The topological polar surface area (TPSA) is 112 Å². The Hall–Kier alpha value is -3.48. The number of fused-ring (bicyclic) bond motifs is 3. The van der Waals surface area contributed by atoms with E-state index in [9.17, 15) is 28.8 Å². The average Bonchev–Trinajstić information content (AvgIpc) is 4.06. The molecule has 0 spiro atoms. The van der Waals surface area contributed by atoms with E-state index in [1.54, 1.807) is 0 Å². The minimum atomic E-state index is -0.503. The third-order valence-corrected chi connectivity index (χ3v) is 17.8. The van der Waals surface area contributed by atoms with Crippen LogP contribution in [0.4, 0.5) is 0 Å². The van der Waals surface area contributed by atoms with Crippen molar-refractivity contribution >= 4 is 69.5 Å². The first kappa shape index (κ1) is 49.9. The second-order valence-electron chi connectivity index (χ2n) is 20.5. The van der Waals surface area contributed by atoms with Gasteiger partial charge in [0.15, 0.2) is 0 Å². The van der Waals surface area contributed by atoms with E-state index < -0.39 is 22.6 Å². The molecule has 3 aliphatic heterocycles. The van der Waals surface area contributed by atoms with E-state index in [-0.39, 0.29) is 47.3 Å². The maximum atomic E-state index is 14.9. The summed E-state index contributed by atoms with van der Waals surface area (Å²) >= 11 is 3.98. The summed E-state index contributed by atoms with van der Waals surface area (Å²) in [6.07, 6.45) is 19.4. The Morgan fingerprint density at radius 2 is 0.688 bits per heavy atom. The molecule has 6 amide bonds. The summed E-state index contributed by atoms with van der Waals surface area (Å²) in [5, 5.41) is 0. The number of imide groups is 3. The Morgan fingerprint density at radius 1 is 0.391 bits per heavy atom. The van der Waals surface area contributed by atoms with E-state index in [0.29, 0.717) is 61.1 Å². The number of nitrogens with zero attached hydrogens (tertiary/aromatic N) is 3. The Kier molecular flexibility index (Phi) is 16.4. The molecular weight excluding hydrogens is 859 g/mol. The number of rotatable bonds is 24. The number of hydrogen-bond acceptors (Lipinski definition) is 9. The standard InChI is InChI=1S/C52H73N3O6S3/c1-11-14-17-20-23-26-29-32(4)55-49(60)36-38(50(55)61)44(52(8,9)10)64-42(36)40-34-33(45(56)53(46(34)57)30-27-24-21-18-15-12-2)39(62-40)41-35-37(43(63-41)51(5,6)7)48(59)54(47(35)58)31-28-25-22-19-16-13-3/h32H,11-31H2,1-10H3. The minimum Gasteiger partial charge on any atom is -0.274 e. The molecule has 64 heavy (non-hydrogen) atoms. The highest BCUT2D eigenvalue weighted by Crippen LogP contribution is 2.56. The highest BCUT2D eigenvalue weighted by atomic mass is 32.1. The van der Waals surface area contributed by atoms with E-state index in [1.807, 2.05) is 48.5 Å². The van der Waals surface area contributed by atoms with Gasteiger partial charge in [-0.2, -0.15) is 0 Å². The van der Waals surface area contributed by atoms with Crippen molar-refractivity contribution in [3.05, 3.63) is 43.1 Å². The maximum absolute atomic E-state index is 14.9. The Morgan fingerprint density at radius 3 is 1.09 bits per heavy atom. The first-order valence-electron chi connectivity index (χ1n) is 24.5. The molecule has 3 aromatic heterocycles. The Labute approximate surface area is 394 Å². The second-order valence-corrected chi connectivity index (χ2v) is 23.5. The van der Waals surface area contributed by atoms with Crippen LogP contribution in [0.1, 0.15) is 263 Å². The van der Waals surface area contributed by atoms with E-state index in [1.165, 1.54) is 68.0 Å². The van der Waals surface area contributed by atoms with Crippen molar-refractivity contribution in [2.45, 2.75) is 208 Å². The molecule has 350 valence electrons. The van der Waals surface area contributed by atoms with Gasteiger partial charge < -0.3 is 0 Å². The van der Waals surface area contributed by atoms with Crippen LogP contribution in [0.3, 0.4) is 0 Å². The van der Waals surface area contributed by atoms with Crippen LogP contribution >= 0.6 is 34.0 Å². The predicted octanol–water partition coefficient (Wildman–Crippen LogP) is 14.4. The summed E-state index contributed by atoms with van der Waals surface area (Å²) < 4.78 is 0. The summed E-state index contributed by atoms with van der Waals surface area (Å²) in [5.74, 6) is -2.14. The zero-order valence-electron chi connectivity index (χ0n) is 40.4. The fourth-order valence-corrected chi connectivity index (χ4v) is 13.8. The van der Waals surface area contributed by atoms with Gasteiger partial charge >= 0.3 is 0 Å². The first-order chi connectivity index (χ1) is 30.4. The van der Waals surface area contributed by atoms with Gasteiger partial charge in [-0.05, 0) is 37.0 Å². The maximum Gasteiger partial charge on any atom is 0.263 e. The molecule has 0 fully saturated rings. The fraction of sp³-hybridized carbons (Fsp3) is 0.654. The molecule has 1 atom stereocenters. The number of amides is 6. The highest BCUT2D eigenvalue weighted by molar-refractivity contribution is 7.28. The lowest BCUT2D eigenvalue weighted by Crippen LogP contribution is -2.38. The Balaban J connectivity index is 1.47. The van der Waals surface area contributed by atoms with Crippen molar-refractivity contribution in [1.82, 2.24) is 14.7 Å². The molecule has 9 nitrogen and oxygen atoms in total. The molecule has 0 N–H and O–H groups in total. The predicted molar refractivity (Wildman–Crippen MR) is 264 cm³/mol. The second kappa shape index (κ2) is 21.0. The zero-order chi connectivity index (χ0) is 46.7. The van der Waals surface area contributed by atoms with Gasteiger partial charge in [-0.15, -0.1) is 34.0 Å². The Bertz CT molecular complexity index is 2250. The van der Waals surface area contributed by atoms with Gasteiger partial charge in [-0.1, -0.05) is 165 Å². The zero-order valence-corrected chi connectivity index (χ0v) is 42.9. The molecular formula is C52H73N3O6S3. The van der Waals surface area contributed by atoms with Gasteiger partial charge in [-0.25, -0.2) is 0 Å². The van der Waals surface area contributed by atoms with Crippen molar-refractivity contribution in [3.8, 4) is 19.5 Å². The van der Waals surface area contributed by atoms with Crippen molar-refractivity contribution < 1.29 is 28.8 Å². The SMILES string of the molecule is CCCCCCCCC(C)N1C(=O)c2c(-c3sc(-c4sc(C(C)(C)C)c5c4C(=O)N(CCCCCCCC)C5=O)c4c3C(=O)N(CCCCCCCC)C4=O)sc(C(C)(C)C)c2C1=O. The lowest BCUT2D eigenvalue weighted by atomic mass is 9.90. The third kappa shape index (κ3) is 9.81. The summed E-state index contributed by atoms with van der Waals surface area (Å²) in [7, 11) is 0. The highest BCUT2D eigenvalue weighted by Gasteiger charge is 2.51. The molecule has 0 aromatic carbocycles. The smallest absolute Gasteiger partial charge is 0.263 e. The number of carbonyl (C=O) groups is 6. The van der Waals surface area contributed by atoms with Crippen LogP contribution in [0.25, 0.3) is 19.5 Å². The van der Waals surface area contributed by atoms with Crippen LogP contribution in [0.15, 0.2) is 0 Å². The van der Waals surface area contributed by atoms with Gasteiger partial charge in [0.25, 0.3) is 35.4 Å². The minimum absolute atomic E-state index is 0.236. The normalized spacial score (nSPS) is 15.8. The van der Waals surface area contributed by atoms with E-state index in [2.05, 4.69) is 20.8 Å². The molecule has 3 aliphatic rings. The van der Waals surface area contributed by atoms with Crippen molar-refractivity contribution in [2.75, 3.05) is 13.1 Å². The fourth-order valence-electron chi connectivity index (χ4n) is 9.53. The number of unbranched alkanes of at least 4 members (excludes halogenated alkanes) is 15. The van der Waals surface area contributed by atoms with Crippen LogP contribution in [-0.2, 0) is 10.8 Å². The molecule has 1 unspecified atom stereocenters. The number of thiophene rings is 3. The van der Waals surface area contributed by atoms with Gasteiger partial charge in [0.05, 0.1) is 52.9 Å². The monoisotopic (exact) mass is 931 g/mol. The van der Waals surface area contributed by atoms with Crippen LogP contribution in [0, 0.1) is 0 Å². The van der Waals surface area contributed by atoms with Gasteiger partial charge in [0.1, 0.15) is 0 Å². The van der Waals surface area contributed by atoms with Crippen LogP contribution < -0.4 is 0 Å². The molecule has 0 bridgehead atoms. The van der Waals surface area contributed by atoms with Crippen LogP contribution in [-0.4, -0.2) is 69.3 Å². The molecule has 0 radical (unpaired) electrons. The van der Waals surface area contributed by atoms with E-state index >= 15 is 0 Å². The molecule has 0 aliphatic carbocycles. The molecule has 0 saturated carbocycles. The van der Waals surface area contributed by atoms with E-state index in [4.69, 9.17) is 0 Å². The molecule has 6 heterocycles. The molecule has 0 saturated heterocycles. The van der Waals surface area contributed by atoms with E-state index in [0.717, 1.165) is 99.6 Å². The lowest BCUT2D eigenvalue weighted by Gasteiger charge is -2.24. The molecule has 12 heteroatoms. The molecule has 6 rings (SSSR count). The summed E-state index contributed by atoms with van der Waals surface area (Å²) in [4.78, 5) is 95.7.